The zero-order valence-electron chi connectivity index (χ0n) is 20.4. The van der Waals surface area contributed by atoms with Crippen LogP contribution in [0.1, 0.15) is 44.7 Å². The maximum atomic E-state index is 10.4. The summed E-state index contributed by atoms with van der Waals surface area (Å²) in [6.45, 7) is 10.1. The van der Waals surface area contributed by atoms with Crippen LogP contribution < -0.4 is 0 Å². The van der Waals surface area contributed by atoms with Gasteiger partial charge in [0.2, 0.25) is 0 Å². The number of likely N-dealkylation sites (N-methyl/N-ethyl adjacent to an activating group) is 1. The molecule has 0 spiro atoms. The Bertz CT molecular complexity index is 1050. The lowest BCUT2D eigenvalue weighted by molar-refractivity contribution is 0.0786. The van der Waals surface area contributed by atoms with Crippen molar-refractivity contribution < 1.29 is 5.11 Å². The van der Waals surface area contributed by atoms with E-state index >= 15 is 0 Å². The average Bonchev–Trinajstić information content (AvgIpc) is 3.01. The van der Waals surface area contributed by atoms with Gasteiger partial charge in [0.1, 0.15) is 11.2 Å². The zero-order valence-corrected chi connectivity index (χ0v) is 22.0. The number of hydrogen-bond acceptors (Lipinski definition) is 5. The van der Waals surface area contributed by atoms with Crippen LogP contribution >= 0.6 is 23.4 Å². The van der Waals surface area contributed by atoms with Gasteiger partial charge in [-0.2, -0.15) is 0 Å². The molecule has 1 N–H and O–H groups in total. The molecule has 1 aromatic carbocycles. The van der Waals surface area contributed by atoms with Gasteiger partial charge in [0.05, 0.1) is 17.8 Å². The van der Waals surface area contributed by atoms with Crippen molar-refractivity contribution in [2.75, 3.05) is 13.6 Å². The van der Waals surface area contributed by atoms with Gasteiger partial charge in [0.25, 0.3) is 0 Å². The van der Waals surface area contributed by atoms with E-state index in [0.717, 1.165) is 39.6 Å². The quantitative estimate of drug-likeness (QED) is 0.341. The van der Waals surface area contributed by atoms with Gasteiger partial charge in [0, 0.05) is 41.4 Å². The van der Waals surface area contributed by atoms with Crippen molar-refractivity contribution in [3.05, 3.63) is 99.6 Å². The number of nitrogens with zero attached hydrogens (tertiary/aromatic N) is 3. The normalized spacial score (nSPS) is 21.9. The van der Waals surface area contributed by atoms with E-state index in [2.05, 4.69) is 60.0 Å². The topological polar surface area (TPSA) is 39.1 Å². The molecule has 6 heteroatoms. The highest BCUT2D eigenvalue weighted by Gasteiger charge is 2.36. The van der Waals surface area contributed by atoms with Crippen LogP contribution in [0.15, 0.2) is 93.5 Å². The van der Waals surface area contributed by atoms with Crippen LogP contribution in [0.25, 0.3) is 5.70 Å². The molecule has 0 radical (unpaired) electrons. The summed E-state index contributed by atoms with van der Waals surface area (Å²) in [7, 11) is 2.12. The van der Waals surface area contributed by atoms with E-state index in [1.54, 1.807) is 25.6 Å². The molecular formula is C28H34ClN3OS. The van der Waals surface area contributed by atoms with Crippen molar-refractivity contribution in [2.24, 2.45) is 4.99 Å². The Kier molecular flexibility index (Phi) is 9.06. The van der Waals surface area contributed by atoms with Gasteiger partial charge >= 0.3 is 0 Å². The molecule has 2 aliphatic rings. The van der Waals surface area contributed by atoms with Crippen molar-refractivity contribution in [1.29, 1.82) is 0 Å². The molecule has 4 nitrogen and oxygen atoms in total. The fourth-order valence-corrected chi connectivity index (χ4v) is 4.94. The van der Waals surface area contributed by atoms with E-state index in [1.807, 2.05) is 43.5 Å². The molecular weight excluding hydrogens is 462 g/mol. The fourth-order valence-electron chi connectivity index (χ4n) is 3.79. The van der Waals surface area contributed by atoms with Crippen molar-refractivity contribution in [2.45, 2.75) is 45.4 Å². The van der Waals surface area contributed by atoms with Crippen LogP contribution in [-0.4, -0.2) is 40.9 Å². The largest absolute Gasteiger partial charge is 0.386 e. The van der Waals surface area contributed by atoms with Gasteiger partial charge in [-0.05, 0) is 44.9 Å². The van der Waals surface area contributed by atoms with Crippen molar-refractivity contribution in [3.63, 3.8) is 0 Å². The van der Waals surface area contributed by atoms with Crippen LogP contribution in [0.4, 0.5) is 0 Å². The summed E-state index contributed by atoms with van der Waals surface area (Å²) in [6, 6.07) is 8.16. The molecule has 0 saturated carbocycles. The molecule has 0 amide bonds. The fraction of sp³-hybridized carbons (Fsp3) is 0.321. The third-order valence-corrected chi connectivity index (χ3v) is 6.92. The molecule has 0 bridgehead atoms. The summed E-state index contributed by atoms with van der Waals surface area (Å²) in [5.41, 5.74) is 2.20. The number of benzene rings is 1. The highest BCUT2D eigenvalue weighted by atomic mass is 35.5. The smallest absolute Gasteiger partial charge is 0.126 e. The Morgan fingerprint density at radius 2 is 1.88 bits per heavy atom. The van der Waals surface area contributed by atoms with E-state index in [0.29, 0.717) is 11.6 Å². The maximum Gasteiger partial charge on any atom is 0.126 e. The molecule has 0 fully saturated rings. The number of halogens is 1. The van der Waals surface area contributed by atoms with E-state index in [4.69, 9.17) is 16.6 Å². The molecule has 0 aliphatic carbocycles. The monoisotopic (exact) mass is 495 g/mol. The Balaban J connectivity index is 2.12. The van der Waals surface area contributed by atoms with Crippen molar-refractivity contribution in [3.8, 4) is 0 Å². The number of aliphatic imine (C=N–C) groups is 1. The van der Waals surface area contributed by atoms with E-state index in [-0.39, 0.29) is 6.17 Å². The van der Waals surface area contributed by atoms with Gasteiger partial charge in [-0.25, -0.2) is 0 Å². The second kappa shape index (κ2) is 11.8. The molecule has 34 heavy (non-hydrogen) atoms. The van der Waals surface area contributed by atoms with Crippen molar-refractivity contribution in [1.82, 2.24) is 9.80 Å². The minimum Gasteiger partial charge on any atom is -0.386 e. The van der Waals surface area contributed by atoms with Gasteiger partial charge in [-0.15, -0.1) is 0 Å². The van der Waals surface area contributed by atoms with Gasteiger partial charge in [-0.1, -0.05) is 78.5 Å². The first-order valence-electron chi connectivity index (χ1n) is 11.5. The molecule has 1 aromatic rings. The van der Waals surface area contributed by atoms with Crippen LogP contribution in [0.5, 0.6) is 0 Å². The lowest BCUT2D eigenvalue weighted by Crippen LogP contribution is -2.38. The summed E-state index contributed by atoms with van der Waals surface area (Å²) in [4.78, 5) is 10.3. The lowest BCUT2D eigenvalue weighted by atomic mass is 9.97. The Morgan fingerprint density at radius 1 is 1.18 bits per heavy atom. The van der Waals surface area contributed by atoms with Crippen molar-refractivity contribution >= 4 is 35.3 Å². The third-order valence-electron chi connectivity index (χ3n) is 5.66. The molecule has 1 atom stereocenters. The summed E-state index contributed by atoms with van der Waals surface area (Å²) < 4.78 is 0. The van der Waals surface area contributed by atoms with E-state index < -0.39 is 5.60 Å². The van der Waals surface area contributed by atoms with Crippen LogP contribution in [0.2, 0.25) is 0 Å². The van der Waals surface area contributed by atoms with E-state index in [1.165, 1.54) is 0 Å². The molecule has 1 unspecified atom stereocenters. The zero-order chi connectivity index (χ0) is 24.7. The highest BCUT2D eigenvalue weighted by Crippen LogP contribution is 2.44. The molecule has 0 aromatic heterocycles. The maximum absolute atomic E-state index is 10.4. The number of hydrogen-bond donors (Lipinski definition) is 1. The molecule has 3 rings (SSSR count). The third kappa shape index (κ3) is 6.56. The summed E-state index contributed by atoms with van der Waals surface area (Å²) >= 11 is 7.75. The first kappa shape index (κ1) is 26.1. The number of rotatable bonds is 6. The molecule has 180 valence electrons. The Labute approximate surface area is 213 Å². The van der Waals surface area contributed by atoms with Crippen LogP contribution in [0, 0.1) is 0 Å². The van der Waals surface area contributed by atoms with E-state index in [9.17, 15) is 5.11 Å². The molecule has 2 aliphatic heterocycles. The van der Waals surface area contributed by atoms with Gasteiger partial charge in [0.15, 0.2) is 0 Å². The predicted octanol–water partition coefficient (Wildman–Crippen LogP) is 6.99. The predicted molar refractivity (Wildman–Crippen MR) is 148 cm³/mol. The van der Waals surface area contributed by atoms with Gasteiger partial charge < -0.3 is 14.9 Å². The first-order chi connectivity index (χ1) is 16.2. The number of allylic oxidation sites excluding steroid dienone is 7. The molecule has 0 saturated heterocycles. The Hall–Kier alpha value is -2.47. The second-order valence-corrected chi connectivity index (χ2v) is 10.5. The standard InChI is InChI=1S/C28H34ClN3OS/c1-6-24(17-12-21(2)29)34-27-26(22-13-15-23(16-14-22)28(3,4)33)31(5)25-20-30-18-10-8-7-9-11-19-32(25)27/h6-8,11-19,25,33H,1,9-10,20H2,2-5H3/b8-7-,19-11-,21-12+,24-17+,30-18?. The summed E-state index contributed by atoms with van der Waals surface area (Å²) in [6.07, 6.45) is 18.1. The summed E-state index contributed by atoms with van der Waals surface area (Å²) in [5, 5.41) is 12.2. The average molecular weight is 496 g/mol. The first-order valence-corrected chi connectivity index (χ1v) is 12.6. The second-order valence-electron chi connectivity index (χ2n) is 8.79. The minimum absolute atomic E-state index is 0.0495. The summed E-state index contributed by atoms with van der Waals surface area (Å²) in [5.74, 6) is 0. The lowest BCUT2D eigenvalue weighted by Gasteiger charge is -2.29. The number of fused-ring (bicyclic) bond motifs is 1. The SMILES string of the molecule is C=C/C(=C\C=C(/C)Cl)SC1=C(c2ccc(C(C)(C)O)cc2)N(C)C2CN=CC/C=C\C/C=C\N12. The molecule has 2 heterocycles. The Morgan fingerprint density at radius 3 is 2.53 bits per heavy atom. The van der Waals surface area contributed by atoms with Crippen LogP contribution in [-0.2, 0) is 5.60 Å². The van der Waals surface area contributed by atoms with Gasteiger partial charge in [-0.3, -0.25) is 4.99 Å². The van der Waals surface area contributed by atoms with Crippen LogP contribution in [0.3, 0.4) is 0 Å². The number of aliphatic hydroxyl groups is 1. The minimum atomic E-state index is -0.885. The number of thioether (sulfide) groups is 1. The highest BCUT2D eigenvalue weighted by molar-refractivity contribution is 8.07.